The monoisotopic (exact) mass is 274 g/mol. The maximum atomic E-state index is 10.7. The van der Waals surface area contributed by atoms with E-state index in [1.807, 2.05) is 0 Å². The fraction of sp³-hybridized carbons (Fsp3) is 0.778. The lowest BCUT2D eigenvalue weighted by Crippen LogP contribution is -2.18. The van der Waals surface area contributed by atoms with E-state index in [1.165, 1.54) is 0 Å². The van der Waals surface area contributed by atoms with Crippen LogP contribution in [0.5, 0.6) is 0 Å². The second-order valence-corrected chi connectivity index (χ2v) is 3.30. The lowest BCUT2D eigenvalue weighted by molar-refractivity contribution is -0.222. The molecule has 0 heterocycles. The van der Waals surface area contributed by atoms with Crippen LogP contribution in [0.2, 0.25) is 0 Å². The number of carbonyl (C=O) groups is 2. The van der Waals surface area contributed by atoms with Crippen LogP contribution < -0.4 is 0 Å². The average molecular weight is 275 g/mol. The Morgan fingerprint density at radius 3 is 1.41 bits per heavy atom. The highest BCUT2D eigenvalue weighted by Crippen LogP contribution is 1.97. The van der Waals surface area contributed by atoms with E-state index < -0.39 is 18.4 Å². The molecule has 0 aliphatic heterocycles. The topological polar surface area (TPSA) is 71.1 Å². The zero-order valence-corrected chi connectivity index (χ0v) is 10.8. The van der Waals surface area contributed by atoms with Gasteiger partial charge in [0.15, 0.2) is 6.13 Å². The lowest BCUT2D eigenvalue weighted by atomic mass is 10.5. The summed E-state index contributed by atoms with van der Waals surface area (Å²) in [7, 11) is 0. The van der Waals surface area contributed by atoms with Gasteiger partial charge in [-0.2, -0.15) is 19.4 Å². The highest BCUT2D eigenvalue weighted by atomic mass is 35.5. The molecule has 0 rings (SSSR count). The first-order chi connectivity index (χ1) is 7.83. The van der Waals surface area contributed by atoms with Crippen molar-refractivity contribution in [2.24, 2.45) is 0 Å². The Labute approximate surface area is 104 Å². The third-order valence-corrected chi connectivity index (χ3v) is 0.842. The summed E-state index contributed by atoms with van der Waals surface area (Å²) in [6.07, 6.45) is -3.62. The minimum Gasteiger partial charge on any atom is -0.429 e. The van der Waals surface area contributed by atoms with E-state index in [0.717, 1.165) is 0 Å². The fourth-order valence-corrected chi connectivity index (χ4v) is 0.492. The van der Waals surface area contributed by atoms with E-state index in [4.69, 9.17) is 0 Å². The van der Waals surface area contributed by atoms with Crippen molar-refractivity contribution in [3.63, 3.8) is 0 Å². The van der Waals surface area contributed by atoms with Crippen molar-refractivity contribution in [1.29, 1.82) is 0 Å². The van der Waals surface area contributed by atoms with Crippen molar-refractivity contribution in [3.05, 3.63) is 0 Å². The van der Waals surface area contributed by atoms with Crippen LogP contribution in [0, 0.1) is 0 Å². The second-order valence-electron chi connectivity index (χ2n) is 3.10. The van der Waals surface area contributed by atoms with E-state index in [0.29, 0.717) is 0 Å². The summed E-state index contributed by atoms with van der Waals surface area (Å²) in [6.45, 7) is 6.53. The van der Waals surface area contributed by atoms with Crippen LogP contribution in [0.1, 0.15) is 27.7 Å². The molecule has 0 aromatic carbocycles. The number of hydrogen-bond donors (Lipinski definition) is 0. The Balaban J connectivity index is 0. The fourth-order valence-electron chi connectivity index (χ4n) is 0.492. The average Bonchev–Trinajstić information content (AvgIpc) is 2.14. The molecule has 0 aliphatic rings. The van der Waals surface area contributed by atoms with Crippen LogP contribution in [0.4, 0.5) is 14.0 Å². The first-order valence-corrected chi connectivity index (χ1v) is 5.24. The number of alkyl halides is 2. The molecule has 0 bridgehead atoms. The quantitative estimate of drug-likeness (QED) is 0.333. The SMILES string of the molecule is CC(C)OC(=O)OOC(=O)OC(C)C.FCCl. The summed E-state index contributed by atoms with van der Waals surface area (Å²) >= 11 is 4.33. The van der Waals surface area contributed by atoms with Crippen molar-refractivity contribution in [2.45, 2.75) is 39.9 Å². The molecule has 0 saturated heterocycles. The predicted molar refractivity (Wildman–Crippen MR) is 57.2 cm³/mol. The van der Waals surface area contributed by atoms with E-state index in [1.54, 1.807) is 27.7 Å². The number of rotatable bonds is 2. The summed E-state index contributed by atoms with van der Waals surface area (Å²) in [5.41, 5.74) is 0. The van der Waals surface area contributed by atoms with Gasteiger partial charge >= 0.3 is 12.3 Å². The van der Waals surface area contributed by atoms with Crippen LogP contribution in [0.15, 0.2) is 0 Å². The van der Waals surface area contributed by atoms with Gasteiger partial charge in [0.1, 0.15) is 0 Å². The van der Waals surface area contributed by atoms with Gasteiger partial charge < -0.3 is 9.47 Å². The molecule has 0 aromatic rings. The predicted octanol–water partition coefficient (Wildman–Crippen LogP) is 3.18. The van der Waals surface area contributed by atoms with Crippen molar-refractivity contribution in [2.75, 3.05) is 6.13 Å². The van der Waals surface area contributed by atoms with Gasteiger partial charge in [-0.15, -0.1) is 0 Å². The number of ether oxygens (including phenoxy) is 2. The second kappa shape index (κ2) is 11.3. The molecule has 0 spiro atoms. The van der Waals surface area contributed by atoms with Crippen LogP contribution in [0.3, 0.4) is 0 Å². The van der Waals surface area contributed by atoms with E-state index in [9.17, 15) is 14.0 Å². The van der Waals surface area contributed by atoms with Crippen LogP contribution >= 0.6 is 11.6 Å². The molecule has 102 valence electrons. The van der Waals surface area contributed by atoms with Gasteiger partial charge in [0, 0.05) is 0 Å². The minimum atomic E-state index is -1.08. The summed E-state index contributed by atoms with van der Waals surface area (Å²) in [4.78, 5) is 29.3. The van der Waals surface area contributed by atoms with Crippen molar-refractivity contribution >= 4 is 23.9 Å². The summed E-state index contributed by atoms with van der Waals surface area (Å²) in [5, 5.41) is 0. The molecule has 8 heteroatoms. The molecule has 0 atom stereocenters. The first-order valence-electron chi connectivity index (χ1n) is 4.71. The summed E-state index contributed by atoms with van der Waals surface area (Å²) in [6, 6.07) is 0. The van der Waals surface area contributed by atoms with Crippen LogP contribution in [0.25, 0.3) is 0 Å². The third kappa shape index (κ3) is 17.4. The number of halogens is 2. The Hall–Kier alpha value is -1.24. The van der Waals surface area contributed by atoms with E-state index in [-0.39, 0.29) is 12.2 Å². The highest BCUT2D eigenvalue weighted by molar-refractivity contribution is 6.16. The maximum absolute atomic E-state index is 10.7. The molecule has 0 amide bonds. The third-order valence-electron chi connectivity index (χ3n) is 0.842. The minimum absolute atomic E-state index is 0.341. The normalized spacial score (nSPS) is 9.18. The molecule has 17 heavy (non-hydrogen) atoms. The molecule has 0 aromatic heterocycles. The van der Waals surface area contributed by atoms with Crippen LogP contribution in [-0.4, -0.2) is 30.7 Å². The van der Waals surface area contributed by atoms with Gasteiger partial charge in [0.25, 0.3) is 0 Å². The number of carbonyl (C=O) groups excluding carboxylic acids is 2. The Morgan fingerprint density at radius 2 is 1.24 bits per heavy atom. The van der Waals surface area contributed by atoms with E-state index >= 15 is 0 Å². The van der Waals surface area contributed by atoms with Crippen molar-refractivity contribution in [3.8, 4) is 0 Å². The first kappa shape index (κ1) is 18.1. The molecule has 6 nitrogen and oxygen atoms in total. The smallest absolute Gasteiger partial charge is 0.429 e. The standard InChI is InChI=1S/C8H14O6.CH2ClF/c1-5(2)11-7(9)13-14-8(10)12-6(3)4;2-1-3/h5-6H,1-4H3;1H2. The largest absolute Gasteiger partial charge is 0.550 e. The zero-order chi connectivity index (χ0) is 13.8. The zero-order valence-electron chi connectivity index (χ0n) is 10.1. The van der Waals surface area contributed by atoms with Gasteiger partial charge in [0.05, 0.1) is 12.2 Å². The molecular formula is C9H16ClFO6. The van der Waals surface area contributed by atoms with Gasteiger partial charge in [-0.25, -0.2) is 4.39 Å². The summed E-state index contributed by atoms with van der Waals surface area (Å²) in [5.74, 6) is 0. The van der Waals surface area contributed by atoms with Crippen molar-refractivity contribution < 1.29 is 33.2 Å². The molecule has 0 saturated carbocycles. The molecule has 0 radical (unpaired) electrons. The van der Waals surface area contributed by atoms with E-state index in [2.05, 4.69) is 30.8 Å². The molecular weight excluding hydrogens is 259 g/mol. The maximum Gasteiger partial charge on any atom is 0.550 e. The molecule has 0 aliphatic carbocycles. The number of hydrogen-bond acceptors (Lipinski definition) is 6. The molecule has 0 unspecified atom stereocenters. The molecule has 0 fully saturated rings. The Bertz CT molecular complexity index is 200. The molecule has 0 N–H and O–H groups in total. The van der Waals surface area contributed by atoms with Crippen LogP contribution in [-0.2, 0) is 19.2 Å². The summed E-state index contributed by atoms with van der Waals surface area (Å²) < 4.78 is 19.1. The Kier molecular flexibility index (Phi) is 12.0. The lowest BCUT2D eigenvalue weighted by Gasteiger charge is -2.08. The van der Waals surface area contributed by atoms with Gasteiger partial charge in [-0.1, -0.05) is 11.6 Å². The van der Waals surface area contributed by atoms with Gasteiger partial charge in [-0.05, 0) is 27.7 Å². The van der Waals surface area contributed by atoms with Gasteiger partial charge in [0.2, 0.25) is 0 Å². The highest BCUT2D eigenvalue weighted by Gasteiger charge is 2.13. The van der Waals surface area contributed by atoms with Gasteiger partial charge in [-0.3, -0.25) is 0 Å². The van der Waals surface area contributed by atoms with Crippen molar-refractivity contribution in [1.82, 2.24) is 0 Å². The Morgan fingerprint density at radius 1 is 1.00 bits per heavy atom.